The van der Waals surface area contributed by atoms with Gasteiger partial charge in [0.25, 0.3) is 0 Å². The molecule has 2 rings (SSSR count). The smallest absolute Gasteiger partial charge is 0.139 e. The van der Waals surface area contributed by atoms with Gasteiger partial charge in [-0.2, -0.15) is 0 Å². The van der Waals surface area contributed by atoms with Gasteiger partial charge >= 0.3 is 0 Å². The number of benzene rings is 1. The van der Waals surface area contributed by atoms with Crippen molar-refractivity contribution in [1.29, 1.82) is 0 Å². The molecule has 1 heterocycles. The molecule has 1 aromatic carbocycles. The van der Waals surface area contributed by atoms with E-state index in [2.05, 4.69) is 43.5 Å². The third kappa shape index (κ3) is 3.85. The van der Waals surface area contributed by atoms with Gasteiger partial charge in [-0.25, -0.2) is 9.97 Å². The van der Waals surface area contributed by atoms with Crippen LogP contribution in [0.5, 0.6) is 5.75 Å². The van der Waals surface area contributed by atoms with Gasteiger partial charge in [0, 0.05) is 28.8 Å². The molecular formula is C15H19BrN4O. The first-order valence-electron chi connectivity index (χ1n) is 6.81. The number of anilines is 3. The van der Waals surface area contributed by atoms with Crippen molar-refractivity contribution in [1.82, 2.24) is 9.97 Å². The van der Waals surface area contributed by atoms with Gasteiger partial charge in [-0.15, -0.1) is 0 Å². The fourth-order valence-electron chi connectivity index (χ4n) is 2.11. The number of aromatic nitrogens is 2. The predicted octanol–water partition coefficient (Wildman–Crippen LogP) is 3.99. The Morgan fingerprint density at radius 1 is 1.19 bits per heavy atom. The van der Waals surface area contributed by atoms with E-state index in [0.29, 0.717) is 0 Å². The Labute approximate surface area is 133 Å². The number of halogens is 1. The SMILES string of the molecule is CCCc1c(NC)ncnc1Nc1cc(Br)cc(OC)c1. The molecule has 0 radical (unpaired) electrons. The quantitative estimate of drug-likeness (QED) is 0.824. The number of rotatable bonds is 6. The normalized spacial score (nSPS) is 10.3. The molecule has 0 saturated carbocycles. The topological polar surface area (TPSA) is 59.1 Å². The summed E-state index contributed by atoms with van der Waals surface area (Å²) in [5, 5.41) is 6.46. The van der Waals surface area contributed by atoms with Crippen molar-refractivity contribution in [3.05, 3.63) is 34.6 Å². The number of ether oxygens (including phenoxy) is 1. The molecule has 21 heavy (non-hydrogen) atoms. The van der Waals surface area contributed by atoms with Crippen LogP contribution >= 0.6 is 15.9 Å². The minimum atomic E-state index is 0.784. The molecule has 0 spiro atoms. The fourth-order valence-corrected chi connectivity index (χ4v) is 2.58. The van der Waals surface area contributed by atoms with Crippen LogP contribution in [0.2, 0.25) is 0 Å². The second kappa shape index (κ2) is 7.26. The summed E-state index contributed by atoms with van der Waals surface area (Å²) in [7, 11) is 3.52. The lowest BCUT2D eigenvalue weighted by atomic mass is 10.1. The summed E-state index contributed by atoms with van der Waals surface area (Å²) >= 11 is 3.48. The lowest BCUT2D eigenvalue weighted by Crippen LogP contribution is -2.05. The number of nitrogens with one attached hydrogen (secondary N) is 2. The summed E-state index contributed by atoms with van der Waals surface area (Å²) in [5.74, 6) is 2.46. The molecule has 0 aliphatic heterocycles. The van der Waals surface area contributed by atoms with Crippen LogP contribution in [0.4, 0.5) is 17.3 Å². The first-order valence-corrected chi connectivity index (χ1v) is 7.60. The van der Waals surface area contributed by atoms with Gasteiger partial charge in [0.2, 0.25) is 0 Å². The lowest BCUT2D eigenvalue weighted by Gasteiger charge is -2.14. The highest BCUT2D eigenvalue weighted by Crippen LogP contribution is 2.29. The second-order valence-corrected chi connectivity index (χ2v) is 5.47. The number of methoxy groups -OCH3 is 1. The summed E-state index contributed by atoms with van der Waals surface area (Å²) in [4.78, 5) is 8.64. The zero-order valence-electron chi connectivity index (χ0n) is 12.4. The molecule has 0 amide bonds. The van der Waals surface area contributed by atoms with Crippen LogP contribution in [0.3, 0.4) is 0 Å². The largest absolute Gasteiger partial charge is 0.497 e. The summed E-state index contributed by atoms with van der Waals surface area (Å²) in [6.45, 7) is 2.14. The minimum absolute atomic E-state index is 0.784. The van der Waals surface area contributed by atoms with Gasteiger partial charge in [0.05, 0.1) is 7.11 Å². The maximum absolute atomic E-state index is 5.28. The molecule has 112 valence electrons. The van der Waals surface area contributed by atoms with Crippen molar-refractivity contribution in [2.45, 2.75) is 19.8 Å². The molecule has 1 aromatic heterocycles. The van der Waals surface area contributed by atoms with Crippen molar-refractivity contribution >= 4 is 33.3 Å². The standard InChI is InChI=1S/C15H19BrN4O/c1-4-5-13-14(17-2)18-9-19-15(13)20-11-6-10(16)7-12(8-11)21-3/h6-9H,4-5H2,1-3H3,(H2,17,18,19,20). The molecule has 0 aliphatic carbocycles. The Morgan fingerprint density at radius 2 is 1.95 bits per heavy atom. The first kappa shape index (κ1) is 15.6. The third-order valence-electron chi connectivity index (χ3n) is 3.05. The van der Waals surface area contributed by atoms with E-state index in [9.17, 15) is 0 Å². The molecule has 0 atom stereocenters. The number of nitrogens with zero attached hydrogens (tertiary/aromatic N) is 2. The Kier molecular flexibility index (Phi) is 5.38. The Bertz CT molecular complexity index is 619. The number of hydrogen-bond acceptors (Lipinski definition) is 5. The average Bonchev–Trinajstić information content (AvgIpc) is 2.48. The summed E-state index contributed by atoms with van der Waals surface area (Å²) in [6, 6.07) is 5.83. The van der Waals surface area contributed by atoms with Crippen molar-refractivity contribution in [2.24, 2.45) is 0 Å². The van der Waals surface area contributed by atoms with Gasteiger partial charge in [0.1, 0.15) is 23.7 Å². The van der Waals surface area contributed by atoms with Crippen LogP contribution in [0.1, 0.15) is 18.9 Å². The third-order valence-corrected chi connectivity index (χ3v) is 3.51. The number of hydrogen-bond donors (Lipinski definition) is 2. The summed E-state index contributed by atoms with van der Waals surface area (Å²) in [6.07, 6.45) is 3.49. The predicted molar refractivity (Wildman–Crippen MR) is 89.6 cm³/mol. The van der Waals surface area contributed by atoms with Gasteiger partial charge < -0.3 is 15.4 Å². The van der Waals surface area contributed by atoms with Gasteiger partial charge in [-0.05, 0) is 18.6 Å². The molecule has 0 aliphatic rings. The Morgan fingerprint density at radius 3 is 2.62 bits per heavy atom. The van der Waals surface area contributed by atoms with Crippen molar-refractivity contribution in [3.63, 3.8) is 0 Å². The van der Waals surface area contributed by atoms with E-state index in [1.165, 1.54) is 0 Å². The highest BCUT2D eigenvalue weighted by Gasteiger charge is 2.10. The molecular weight excluding hydrogens is 332 g/mol. The maximum atomic E-state index is 5.28. The average molecular weight is 351 g/mol. The van der Waals surface area contributed by atoms with Crippen molar-refractivity contribution in [2.75, 3.05) is 24.8 Å². The second-order valence-electron chi connectivity index (χ2n) is 4.55. The fraction of sp³-hybridized carbons (Fsp3) is 0.333. The lowest BCUT2D eigenvalue weighted by molar-refractivity contribution is 0.415. The molecule has 2 aromatic rings. The van der Waals surface area contributed by atoms with E-state index < -0.39 is 0 Å². The molecule has 0 saturated heterocycles. The summed E-state index contributed by atoms with van der Waals surface area (Å²) < 4.78 is 6.23. The van der Waals surface area contributed by atoms with Crippen molar-refractivity contribution in [3.8, 4) is 5.75 Å². The van der Waals surface area contributed by atoms with Crippen LogP contribution < -0.4 is 15.4 Å². The molecule has 6 heteroatoms. The maximum Gasteiger partial charge on any atom is 0.139 e. The first-order chi connectivity index (χ1) is 10.2. The van der Waals surface area contributed by atoms with Crippen LogP contribution in [0.25, 0.3) is 0 Å². The highest BCUT2D eigenvalue weighted by molar-refractivity contribution is 9.10. The van der Waals surface area contributed by atoms with Crippen LogP contribution in [-0.4, -0.2) is 24.1 Å². The van der Waals surface area contributed by atoms with Crippen LogP contribution in [0, 0.1) is 0 Å². The van der Waals surface area contributed by atoms with E-state index in [1.54, 1.807) is 13.4 Å². The molecule has 0 bridgehead atoms. The van der Waals surface area contributed by atoms with E-state index in [-0.39, 0.29) is 0 Å². The monoisotopic (exact) mass is 350 g/mol. The molecule has 2 N–H and O–H groups in total. The van der Waals surface area contributed by atoms with E-state index in [1.807, 2.05) is 25.2 Å². The van der Waals surface area contributed by atoms with E-state index >= 15 is 0 Å². The van der Waals surface area contributed by atoms with E-state index in [4.69, 9.17) is 4.74 Å². The molecule has 0 unspecified atom stereocenters. The van der Waals surface area contributed by atoms with Gasteiger partial charge in [-0.3, -0.25) is 0 Å². The zero-order chi connectivity index (χ0) is 15.2. The summed E-state index contributed by atoms with van der Waals surface area (Å²) in [5.41, 5.74) is 2.00. The molecule has 0 fully saturated rings. The Balaban J connectivity index is 2.36. The van der Waals surface area contributed by atoms with Crippen LogP contribution in [-0.2, 0) is 6.42 Å². The van der Waals surface area contributed by atoms with Gasteiger partial charge in [-0.1, -0.05) is 29.3 Å². The van der Waals surface area contributed by atoms with Crippen molar-refractivity contribution < 1.29 is 4.74 Å². The zero-order valence-corrected chi connectivity index (χ0v) is 14.0. The van der Waals surface area contributed by atoms with E-state index in [0.717, 1.165) is 46.0 Å². The van der Waals surface area contributed by atoms with Crippen LogP contribution in [0.15, 0.2) is 29.0 Å². The highest BCUT2D eigenvalue weighted by atomic mass is 79.9. The van der Waals surface area contributed by atoms with Gasteiger partial charge in [0.15, 0.2) is 0 Å². The minimum Gasteiger partial charge on any atom is -0.497 e. The molecule has 5 nitrogen and oxygen atoms in total. The Hall–Kier alpha value is -1.82.